The second-order valence-corrected chi connectivity index (χ2v) is 5.56. The van der Waals surface area contributed by atoms with Crippen LogP contribution in [0.15, 0.2) is 12.1 Å². The molecule has 0 bridgehead atoms. The third-order valence-corrected chi connectivity index (χ3v) is 4.00. The van der Waals surface area contributed by atoms with E-state index in [1.165, 1.54) is 6.07 Å². The van der Waals surface area contributed by atoms with Gasteiger partial charge in [-0.2, -0.15) is 0 Å². The molecule has 3 rings (SSSR count). The fourth-order valence-electron chi connectivity index (χ4n) is 2.80. The van der Waals surface area contributed by atoms with Gasteiger partial charge < -0.3 is 19.7 Å². The summed E-state index contributed by atoms with van der Waals surface area (Å²) in [6, 6.07) is 3.36. The number of hydrogen-bond acceptors (Lipinski definition) is 6. The van der Waals surface area contributed by atoms with Crippen molar-refractivity contribution in [2.24, 2.45) is 0 Å². The molecule has 2 heterocycles. The van der Waals surface area contributed by atoms with Crippen molar-refractivity contribution in [2.75, 3.05) is 32.2 Å². The van der Waals surface area contributed by atoms with Crippen LogP contribution in [0, 0.1) is 10.1 Å². The lowest BCUT2D eigenvalue weighted by atomic mass is 10.1. The molecule has 1 N–H and O–H groups in total. The first-order chi connectivity index (χ1) is 10.1. The van der Waals surface area contributed by atoms with Crippen molar-refractivity contribution in [3.05, 3.63) is 22.2 Å². The second-order valence-electron chi connectivity index (χ2n) is 5.56. The van der Waals surface area contributed by atoms with Gasteiger partial charge in [-0.3, -0.25) is 10.1 Å². The first kappa shape index (κ1) is 13.9. The zero-order chi connectivity index (χ0) is 14.8. The molecule has 0 amide bonds. The average Bonchev–Trinajstić information content (AvgIpc) is 2.81. The Labute approximate surface area is 123 Å². The quantitative estimate of drug-likeness (QED) is 0.680. The van der Waals surface area contributed by atoms with Crippen LogP contribution in [0.25, 0.3) is 0 Å². The number of nitrogens with one attached hydrogen (secondary N) is 1. The van der Waals surface area contributed by atoms with E-state index < -0.39 is 0 Å². The van der Waals surface area contributed by atoms with Gasteiger partial charge in [0.25, 0.3) is 5.69 Å². The van der Waals surface area contributed by atoms with Crippen molar-refractivity contribution in [2.45, 2.75) is 25.3 Å². The van der Waals surface area contributed by atoms with Crippen LogP contribution < -0.4 is 14.8 Å². The summed E-state index contributed by atoms with van der Waals surface area (Å²) in [5.41, 5.74) is 0.552. The second kappa shape index (κ2) is 5.77. The Morgan fingerprint density at radius 1 is 1.29 bits per heavy atom. The molecule has 7 nitrogen and oxygen atoms in total. The molecule has 1 atom stereocenters. The van der Waals surface area contributed by atoms with Crippen molar-refractivity contribution >= 4 is 11.4 Å². The van der Waals surface area contributed by atoms with Crippen molar-refractivity contribution < 1.29 is 14.4 Å². The van der Waals surface area contributed by atoms with Gasteiger partial charge in [-0.05, 0) is 39.4 Å². The van der Waals surface area contributed by atoms with E-state index in [0.29, 0.717) is 17.2 Å². The van der Waals surface area contributed by atoms with Gasteiger partial charge in [-0.25, -0.2) is 0 Å². The van der Waals surface area contributed by atoms with E-state index >= 15 is 0 Å². The maximum Gasteiger partial charge on any atom is 0.296 e. The fourth-order valence-corrected chi connectivity index (χ4v) is 2.80. The van der Waals surface area contributed by atoms with Gasteiger partial charge in [-0.1, -0.05) is 0 Å². The number of nitrogens with zero attached hydrogens (tertiary/aromatic N) is 2. The highest BCUT2D eigenvalue weighted by Gasteiger charge is 2.25. The molecule has 0 aromatic heterocycles. The first-order valence-electron chi connectivity index (χ1n) is 7.16. The molecule has 1 fully saturated rings. The summed E-state index contributed by atoms with van der Waals surface area (Å²) in [5, 5.41) is 14.6. The maximum atomic E-state index is 11.2. The summed E-state index contributed by atoms with van der Waals surface area (Å²) < 4.78 is 10.5. The maximum absolute atomic E-state index is 11.2. The molecule has 2 aliphatic heterocycles. The molecule has 1 aromatic rings. The Morgan fingerprint density at radius 3 is 2.81 bits per heavy atom. The molecule has 7 heteroatoms. The summed E-state index contributed by atoms with van der Waals surface area (Å²) >= 11 is 0. The highest BCUT2D eigenvalue weighted by Crippen LogP contribution is 2.41. The molecule has 114 valence electrons. The third-order valence-electron chi connectivity index (χ3n) is 4.00. The zero-order valence-corrected chi connectivity index (χ0v) is 12.0. The van der Waals surface area contributed by atoms with Crippen LogP contribution in [0.2, 0.25) is 0 Å². The van der Waals surface area contributed by atoms with Crippen LogP contribution in [0.4, 0.5) is 11.4 Å². The van der Waals surface area contributed by atoms with Crippen LogP contribution >= 0.6 is 0 Å². The number of nitro benzene ring substituents is 1. The molecular formula is C14H19N3O4. The molecule has 1 aromatic carbocycles. The number of likely N-dealkylation sites (tertiary alicyclic amines) is 1. The standard InChI is InChI=1S/C14H19N3O4/c1-16-5-2-3-10(4-6-16)15-11-7-13-14(21-9-20-13)8-12(11)17(18)19/h7-8,10,15H,2-6,9H2,1H3. The molecule has 0 spiro atoms. The number of benzene rings is 1. The van der Waals surface area contributed by atoms with E-state index in [0.717, 1.165) is 32.4 Å². The van der Waals surface area contributed by atoms with Gasteiger partial charge in [-0.15, -0.1) is 0 Å². The van der Waals surface area contributed by atoms with E-state index in [9.17, 15) is 10.1 Å². The SMILES string of the molecule is CN1CCCC(Nc2cc3c(cc2[N+](=O)[O-])OCO3)CC1. The van der Waals surface area contributed by atoms with Crippen molar-refractivity contribution in [3.8, 4) is 11.5 Å². The molecular weight excluding hydrogens is 274 g/mol. The minimum atomic E-state index is -0.382. The van der Waals surface area contributed by atoms with Gasteiger partial charge >= 0.3 is 0 Å². The lowest BCUT2D eigenvalue weighted by Crippen LogP contribution is -2.23. The van der Waals surface area contributed by atoms with E-state index in [2.05, 4.69) is 17.3 Å². The summed E-state index contributed by atoms with van der Waals surface area (Å²) in [6.07, 6.45) is 3.07. The summed E-state index contributed by atoms with van der Waals surface area (Å²) in [7, 11) is 2.10. The molecule has 1 saturated heterocycles. The summed E-state index contributed by atoms with van der Waals surface area (Å²) in [4.78, 5) is 13.1. The highest BCUT2D eigenvalue weighted by molar-refractivity contribution is 5.69. The molecule has 0 saturated carbocycles. The number of hydrogen-bond donors (Lipinski definition) is 1. The van der Waals surface area contributed by atoms with Gasteiger partial charge in [0.05, 0.1) is 11.0 Å². The predicted octanol–water partition coefficient (Wildman–Crippen LogP) is 2.22. The Balaban J connectivity index is 1.82. The predicted molar refractivity (Wildman–Crippen MR) is 78.0 cm³/mol. The normalized spacial score (nSPS) is 21.9. The van der Waals surface area contributed by atoms with Crippen molar-refractivity contribution in [3.63, 3.8) is 0 Å². The minimum absolute atomic E-state index is 0.0388. The van der Waals surface area contributed by atoms with Gasteiger partial charge in [0.1, 0.15) is 5.69 Å². The minimum Gasteiger partial charge on any atom is -0.454 e. The Hall–Kier alpha value is -2.02. The fraction of sp³-hybridized carbons (Fsp3) is 0.571. The van der Waals surface area contributed by atoms with Crippen molar-refractivity contribution in [1.82, 2.24) is 4.90 Å². The molecule has 21 heavy (non-hydrogen) atoms. The smallest absolute Gasteiger partial charge is 0.296 e. The lowest BCUT2D eigenvalue weighted by molar-refractivity contribution is -0.384. The van der Waals surface area contributed by atoms with E-state index in [-0.39, 0.29) is 23.4 Å². The van der Waals surface area contributed by atoms with Crippen molar-refractivity contribution in [1.29, 1.82) is 0 Å². The number of anilines is 1. The molecule has 1 unspecified atom stereocenters. The Bertz CT molecular complexity index is 549. The van der Waals surface area contributed by atoms with E-state index in [1.54, 1.807) is 6.07 Å². The van der Waals surface area contributed by atoms with Crippen LogP contribution in [0.3, 0.4) is 0 Å². The first-order valence-corrected chi connectivity index (χ1v) is 7.16. The number of nitro groups is 1. The monoisotopic (exact) mass is 293 g/mol. The van der Waals surface area contributed by atoms with Crippen LogP contribution in [0.1, 0.15) is 19.3 Å². The number of rotatable bonds is 3. The van der Waals surface area contributed by atoms with Crippen LogP contribution in [-0.2, 0) is 0 Å². The average molecular weight is 293 g/mol. The van der Waals surface area contributed by atoms with Crippen LogP contribution in [-0.4, -0.2) is 42.8 Å². The van der Waals surface area contributed by atoms with Gasteiger partial charge in [0.15, 0.2) is 11.5 Å². The van der Waals surface area contributed by atoms with E-state index in [1.807, 2.05) is 0 Å². The number of fused-ring (bicyclic) bond motifs is 1. The summed E-state index contributed by atoms with van der Waals surface area (Å²) in [5.74, 6) is 1.00. The van der Waals surface area contributed by atoms with Gasteiger partial charge in [0, 0.05) is 12.1 Å². The van der Waals surface area contributed by atoms with E-state index in [4.69, 9.17) is 9.47 Å². The lowest BCUT2D eigenvalue weighted by Gasteiger charge is -2.18. The Morgan fingerprint density at radius 2 is 2.05 bits per heavy atom. The molecule has 2 aliphatic rings. The molecule has 0 aliphatic carbocycles. The highest BCUT2D eigenvalue weighted by atomic mass is 16.7. The zero-order valence-electron chi connectivity index (χ0n) is 12.0. The number of ether oxygens (including phenoxy) is 2. The third kappa shape index (κ3) is 3.02. The van der Waals surface area contributed by atoms with Gasteiger partial charge in [0.2, 0.25) is 6.79 Å². The summed E-state index contributed by atoms with van der Waals surface area (Å²) in [6.45, 7) is 2.18. The molecule has 0 radical (unpaired) electrons. The largest absolute Gasteiger partial charge is 0.454 e. The van der Waals surface area contributed by atoms with Crippen LogP contribution in [0.5, 0.6) is 11.5 Å². The Kier molecular flexibility index (Phi) is 3.83. The topological polar surface area (TPSA) is 76.9 Å².